The van der Waals surface area contributed by atoms with Crippen LogP contribution in [0.3, 0.4) is 0 Å². The summed E-state index contributed by atoms with van der Waals surface area (Å²) in [6.45, 7) is 5.16. The second-order valence-corrected chi connectivity index (χ2v) is 5.82. The number of quaternary nitrogens is 1. The van der Waals surface area contributed by atoms with Crippen LogP contribution in [0.25, 0.3) is 0 Å². The minimum absolute atomic E-state index is 0.135. The predicted octanol–water partition coefficient (Wildman–Crippen LogP) is 2.27. The number of likely N-dealkylation sites (N-methyl/N-ethyl adjacent to an activating group) is 1. The maximum Gasteiger partial charge on any atom is 0.282 e. The first-order chi connectivity index (χ1) is 11.5. The third-order valence-corrected chi connectivity index (χ3v) is 3.94. The molecule has 0 radical (unpaired) electrons. The minimum atomic E-state index is -0.365. The van der Waals surface area contributed by atoms with Gasteiger partial charge < -0.3 is 15.0 Å². The number of anilines is 1. The lowest BCUT2D eigenvalue weighted by atomic mass is 10.1. The molecule has 2 aromatic rings. The zero-order valence-corrected chi connectivity index (χ0v) is 14.3. The summed E-state index contributed by atoms with van der Waals surface area (Å²) in [4.78, 5) is 13.4. The van der Waals surface area contributed by atoms with Crippen LogP contribution in [0.5, 0.6) is 5.75 Å². The topological polar surface area (TPSA) is 42.8 Å². The van der Waals surface area contributed by atoms with Crippen LogP contribution in [0.15, 0.2) is 48.5 Å². The van der Waals surface area contributed by atoms with E-state index in [-0.39, 0.29) is 17.8 Å². The summed E-state index contributed by atoms with van der Waals surface area (Å²) in [6.07, 6.45) is 0. The molecular weight excluding hydrogens is 307 g/mol. The van der Waals surface area contributed by atoms with Crippen molar-refractivity contribution in [2.75, 3.05) is 19.0 Å². The van der Waals surface area contributed by atoms with Crippen molar-refractivity contribution in [2.24, 2.45) is 0 Å². The Balaban J connectivity index is 1.93. The van der Waals surface area contributed by atoms with Crippen molar-refractivity contribution in [2.45, 2.75) is 26.4 Å². The van der Waals surface area contributed by atoms with Crippen molar-refractivity contribution in [3.63, 3.8) is 0 Å². The molecule has 0 saturated carbocycles. The van der Waals surface area contributed by atoms with Crippen LogP contribution < -0.4 is 15.0 Å². The normalized spacial score (nSPS) is 13.2. The van der Waals surface area contributed by atoms with Crippen LogP contribution in [0.1, 0.15) is 19.4 Å². The monoisotopic (exact) mass is 331 g/mol. The Morgan fingerprint density at radius 2 is 1.96 bits per heavy atom. The molecule has 0 aliphatic rings. The summed E-state index contributed by atoms with van der Waals surface area (Å²) >= 11 is 0. The van der Waals surface area contributed by atoms with Gasteiger partial charge >= 0.3 is 0 Å². The SMILES string of the molecule is CCOc1ccc(C[NH+](C)[C@@H](C)C(=O)Nc2cccc(F)c2)cc1. The molecule has 5 heteroatoms. The van der Waals surface area contributed by atoms with Gasteiger partial charge in [-0.05, 0) is 56.3 Å². The van der Waals surface area contributed by atoms with Crippen LogP contribution in [0.4, 0.5) is 10.1 Å². The second kappa shape index (κ2) is 8.45. The van der Waals surface area contributed by atoms with Gasteiger partial charge in [0.2, 0.25) is 0 Å². The molecule has 0 aliphatic carbocycles. The van der Waals surface area contributed by atoms with Crippen LogP contribution in [-0.4, -0.2) is 25.6 Å². The Hall–Kier alpha value is -2.40. The predicted molar refractivity (Wildman–Crippen MR) is 92.7 cm³/mol. The highest BCUT2D eigenvalue weighted by atomic mass is 19.1. The number of nitrogens with one attached hydrogen (secondary N) is 2. The number of amides is 1. The fourth-order valence-corrected chi connectivity index (χ4v) is 2.39. The number of benzene rings is 2. The quantitative estimate of drug-likeness (QED) is 0.817. The number of halogens is 1. The molecular formula is C19H24FN2O2+. The number of carbonyl (C=O) groups excluding carboxylic acids is 1. The van der Waals surface area contributed by atoms with E-state index in [0.29, 0.717) is 18.8 Å². The highest BCUT2D eigenvalue weighted by Crippen LogP contribution is 2.12. The highest BCUT2D eigenvalue weighted by Gasteiger charge is 2.22. The molecule has 2 N–H and O–H groups in total. The molecule has 1 amide bonds. The number of hydrogen-bond acceptors (Lipinski definition) is 2. The van der Waals surface area contributed by atoms with Crippen LogP contribution >= 0.6 is 0 Å². The molecule has 4 nitrogen and oxygen atoms in total. The molecule has 0 heterocycles. The number of hydrogen-bond donors (Lipinski definition) is 2. The Labute approximate surface area is 142 Å². The summed E-state index contributed by atoms with van der Waals surface area (Å²) in [7, 11) is 1.96. The average Bonchev–Trinajstić information content (AvgIpc) is 2.56. The van der Waals surface area contributed by atoms with Gasteiger partial charge in [0.25, 0.3) is 5.91 Å². The lowest BCUT2D eigenvalue weighted by Crippen LogP contribution is -3.12. The van der Waals surface area contributed by atoms with E-state index in [9.17, 15) is 9.18 Å². The van der Waals surface area contributed by atoms with Gasteiger partial charge in [-0.15, -0.1) is 0 Å². The van der Waals surface area contributed by atoms with Gasteiger partial charge in [-0.2, -0.15) is 0 Å². The molecule has 0 saturated heterocycles. The van der Waals surface area contributed by atoms with Crippen molar-refractivity contribution in [3.05, 3.63) is 59.9 Å². The Morgan fingerprint density at radius 3 is 2.58 bits per heavy atom. The van der Waals surface area contributed by atoms with Gasteiger partial charge in [0.1, 0.15) is 18.1 Å². The maximum absolute atomic E-state index is 13.2. The second-order valence-electron chi connectivity index (χ2n) is 5.82. The van der Waals surface area contributed by atoms with E-state index >= 15 is 0 Å². The van der Waals surface area contributed by atoms with E-state index in [1.807, 2.05) is 45.2 Å². The number of rotatable bonds is 7. The van der Waals surface area contributed by atoms with Crippen molar-refractivity contribution in [1.29, 1.82) is 0 Å². The lowest BCUT2D eigenvalue weighted by Gasteiger charge is -2.21. The molecule has 0 fully saturated rings. The van der Waals surface area contributed by atoms with E-state index in [0.717, 1.165) is 16.2 Å². The molecule has 0 spiro atoms. The molecule has 2 aromatic carbocycles. The smallest absolute Gasteiger partial charge is 0.282 e. The van der Waals surface area contributed by atoms with Gasteiger partial charge in [0.15, 0.2) is 6.04 Å². The summed E-state index contributed by atoms with van der Waals surface area (Å²) < 4.78 is 18.6. The van der Waals surface area contributed by atoms with Crippen LogP contribution in [0.2, 0.25) is 0 Å². The van der Waals surface area contributed by atoms with E-state index in [1.54, 1.807) is 12.1 Å². The summed E-state index contributed by atoms with van der Waals surface area (Å²) in [5.74, 6) is 0.343. The van der Waals surface area contributed by atoms with Crippen molar-refractivity contribution in [1.82, 2.24) is 0 Å². The van der Waals surface area contributed by atoms with Gasteiger partial charge in [0.05, 0.1) is 13.7 Å². The molecule has 2 rings (SSSR count). The molecule has 1 unspecified atom stereocenters. The number of carbonyl (C=O) groups is 1. The zero-order chi connectivity index (χ0) is 17.5. The first-order valence-electron chi connectivity index (χ1n) is 8.10. The van der Waals surface area contributed by atoms with Gasteiger partial charge in [0, 0.05) is 11.3 Å². The highest BCUT2D eigenvalue weighted by molar-refractivity contribution is 5.93. The maximum atomic E-state index is 13.2. The Bertz CT molecular complexity index is 673. The molecule has 128 valence electrons. The van der Waals surface area contributed by atoms with Crippen LogP contribution in [0, 0.1) is 5.82 Å². The fraction of sp³-hybridized carbons (Fsp3) is 0.316. The minimum Gasteiger partial charge on any atom is -0.494 e. The summed E-state index contributed by atoms with van der Waals surface area (Å²) in [5.41, 5.74) is 1.60. The number of ether oxygens (including phenoxy) is 1. The Kier molecular flexibility index (Phi) is 6.32. The van der Waals surface area contributed by atoms with Crippen LogP contribution in [-0.2, 0) is 11.3 Å². The molecule has 2 atom stereocenters. The first-order valence-corrected chi connectivity index (χ1v) is 8.10. The summed E-state index contributed by atoms with van der Waals surface area (Å²) in [6, 6.07) is 13.5. The van der Waals surface area contributed by atoms with E-state index in [4.69, 9.17) is 4.74 Å². The molecule has 0 aliphatic heterocycles. The van der Waals surface area contributed by atoms with Crippen molar-refractivity contribution >= 4 is 11.6 Å². The molecule has 24 heavy (non-hydrogen) atoms. The van der Waals surface area contributed by atoms with E-state index in [2.05, 4.69) is 5.32 Å². The first kappa shape index (κ1) is 17.9. The molecule has 0 bridgehead atoms. The van der Waals surface area contributed by atoms with Gasteiger partial charge in [-0.3, -0.25) is 4.79 Å². The Morgan fingerprint density at radius 1 is 1.25 bits per heavy atom. The van der Waals surface area contributed by atoms with Crippen molar-refractivity contribution < 1.29 is 18.8 Å². The van der Waals surface area contributed by atoms with E-state index in [1.165, 1.54) is 12.1 Å². The summed E-state index contributed by atoms with van der Waals surface area (Å²) in [5, 5.41) is 2.76. The van der Waals surface area contributed by atoms with E-state index < -0.39 is 0 Å². The molecule has 0 aromatic heterocycles. The average molecular weight is 331 g/mol. The largest absolute Gasteiger partial charge is 0.494 e. The standard InChI is InChI=1S/C19H23FN2O2/c1-4-24-18-10-8-15(9-11-18)13-22(3)14(2)19(23)21-17-7-5-6-16(20)12-17/h5-12,14H,4,13H2,1-3H3,(H,21,23)/p+1/t14-/m0/s1. The van der Waals surface area contributed by atoms with Gasteiger partial charge in [-0.1, -0.05) is 6.07 Å². The third-order valence-electron chi connectivity index (χ3n) is 3.94. The fourth-order valence-electron chi connectivity index (χ4n) is 2.39. The third kappa shape index (κ3) is 5.06. The van der Waals surface area contributed by atoms with Gasteiger partial charge in [-0.25, -0.2) is 4.39 Å². The lowest BCUT2D eigenvalue weighted by molar-refractivity contribution is -0.907. The van der Waals surface area contributed by atoms with Crippen molar-refractivity contribution in [3.8, 4) is 5.75 Å². The zero-order valence-electron chi connectivity index (χ0n) is 14.3.